The zero-order valence-corrected chi connectivity index (χ0v) is 6.92. The molecule has 1 rings (SSSR count). The van der Waals surface area contributed by atoms with E-state index in [1.54, 1.807) is 6.07 Å². The zero-order valence-electron chi connectivity index (χ0n) is 6.92. The Labute approximate surface area is 71.6 Å². The number of carbonyl (C=O) groups excluding carboxylic acids is 1. The number of nitrogens with one attached hydrogen (secondary N) is 1. The van der Waals surface area contributed by atoms with Gasteiger partial charge in [0, 0.05) is 6.07 Å². The van der Waals surface area contributed by atoms with Gasteiger partial charge < -0.3 is 11.1 Å². The van der Waals surface area contributed by atoms with E-state index in [0.29, 0.717) is 5.69 Å². The minimum atomic E-state index is -0.556. The maximum absolute atomic E-state index is 10.5. The summed E-state index contributed by atoms with van der Waals surface area (Å²) >= 11 is 0. The molecule has 0 aliphatic rings. The third kappa shape index (κ3) is 2.27. The monoisotopic (exact) mass is 163 g/mol. The van der Waals surface area contributed by atoms with Crippen molar-refractivity contribution in [2.45, 2.75) is 13.3 Å². The average molecular weight is 163 g/mol. The second kappa shape index (κ2) is 3.76. The van der Waals surface area contributed by atoms with E-state index in [1.165, 1.54) is 0 Å². The molecule has 2 amide bonds. The summed E-state index contributed by atoms with van der Waals surface area (Å²) in [4.78, 5) is 10.5. The quantitative estimate of drug-likeness (QED) is 0.682. The number of primary amides is 1. The lowest BCUT2D eigenvalue weighted by Crippen LogP contribution is -2.19. The number of rotatable bonds is 2. The van der Waals surface area contributed by atoms with Gasteiger partial charge in [0.1, 0.15) is 0 Å². The molecular weight excluding hydrogens is 152 g/mol. The van der Waals surface area contributed by atoms with E-state index < -0.39 is 6.03 Å². The molecule has 12 heavy (non-hydrogen) atoms. The van der Waals surface area contributed by atoms with Crippen LogP contribution in [-0.2, 0) is 6.42 Å². The smallest absolute Gasteiger partial charge is 0.316 e. The number of hydrogen-bond acceptors (Lipinski definition) is 1. The maximum atomic E-state index is 10.5. The molecule has 3 nitrogen and oxygen atoms in total. The molecule has 1 aromatic rings. The molecule has 3 heteroatoms. The number of aryl methyl sites for hydroxylation is 1. The van der Waals surface area contributed by atoms with Gasteiger partial charge in [-0.3, -0.25) is 0 Å². The Balaban J connectivity index is 2.79. The summed E-state index contributed by atoms with van der Waals surface area (Å²) < 4.78 is 0. The first-order valence-corrected chi connectivity index (χ1v) is 3.79. The van der Waals surface area contributed by atoms with E-state index in [2.05, 4.69) is 11.4 Å². The molecule has 0 aliphatic carbocycles. The normalized spacial score (nSPS) is 9.42. The summed E-state index contributed by atoms with van der Waals surface area (Å²) in [6, 6.07) is 7.88. The van der Waals surface area contributed by atoms with Crippen LogP contribution in [0, 0.1) is 6.07 Å². The topological polar surface area (TPSA) is 55.1 Å². The maximum Gasteiger partial charge on any atom is 0.316 e. The summed E-state index contributed by atoms with van der Waals surface area (Å²) in [6.07, 6.45) is 0.933. The third-order valence-corrected chi connectivity index (χ3v) is 1.53. The van der Waals surface area contributed by atoms with Crippen LogP contribution >= 0.6 is 0 Å². The fraction of sp³-hybridized carbons (Fsp3) is 0.222. The van der Waals surface area contributed by atoms with Crippen molar-refractivity contribution in [2.24, 2.45) is 5.73 Å². The van der Waals surface area contributed by atoms with Gasteiger partial charge >= 0.3 is 6.03 Å². The van der Waals surface area contributed by atoms with Crippen molar-refractivity contribution in [1.82, 2.24) is 0 Å². The number of carbonyl (C=O) groups is 1. The Kier molecular flexibility index (Phi) is 2.69. The molecular formula is C9H11N2O. The van der Waals surface area contributed by atoms with Crippen LogP contribution in [0.5, 0.6) is 0 Å². The largest absolute Gasteiger partial charge is 0.351 e. The van der Waals surface area contributed by atoms with Gasteiger partial charge in [0.05, 0.1) is 5.69 Å². The molecule has 0 fully saturated rings. The summed E-state index contributed by atoms with van der Waals surface area (Å²) in [6.45, 7) is 2.05. The summed E-state index contributed by atoms with van der Waals surface area (Å²) in [7, 11) is 0. The Morgan fingerprint density at radius 1 is 1.75 bits per heavy atom. The SMILES string of the molecule is CCc1cc[c]c(NC(N)=O)c1. The molecule has 0 saturated carbocycles. The number of benzene rings is 1. The van der Waals surface area contributed by atoms with Crippen molar-refractivity contribution >= 4 is 11.7 Å². The number of urea groups is 1. The molecule has 0 saturated heterocycles. The Morgan fingerprint density at radius 3 is 3.08 bits per heavy atom. The first-order chi connectivity index (χ1) is 5.72. The van der Waals surface area contributed by atoms with Gasteiger partial charge in [0.15, 0.2) is 0 Å². The molecule has 0 atom stereocenters. The van der Waals surface area contributed by atoms with Crippen molar-refractivity contribution in [3.63, 3.8) is 0 Å². The van der Waals surface area contributed by atoms with Gasteiger partial charge in [0.25, 0.3) is 0 Å². The number of hydrogen-bond donors (Lipinski definition) is 2. The van der Waals surface area contributed by atoms with Crippen LogP contribution in [0.15, 0.2) is 18.2 Å². The second-order valence-electron chi connectivity index (χ2n) is 2.45. The molecule has 1 aromatic carbocycles. The van der Waals surface area contributed by atoms with E-state index in [9.17, 15) is 4.79 Å². The molecule has 0 bridgehead atoms. The highest BCUT2D eigenvalue weighted by molar-refractivity contribution is 5.87. The van der Waals surface area contributed by atoms with Crippen LogP contribution in [0.3, 0.4) is 0 Å². The fourth-order valence-corrected chi connectivity index (χ4v) is 0.938. The molecule has 0 spiro atoms. The molecule has 3 N–H and O–H groups in total. The number of nitrogens with two attached hydrogens (primary N) is 1. The van der Waals surface area contributed by atoms with Crippen molar-refractivity contribution in [3.05, 3.63) is 29.8 Å². The van der Waals surface area contributed by atoms with Crippen LogP contribution in [-0.4, -0.2) is 6.03 Å². The van der Waals surface area contributed by atoms with E-state index in [4.69, 9.17) is 5.73 Å². The van der Waals surface area contributed by atoms with E-state index in [-0.39, 0.29) is 0 Å². The first kappa shape index (κ1) is 8.59. The predicted molar refractivity (Wildman–Crippen MR) is 47.9 cm³/mol. The third-order valence-electron chi connectivity index (χ3n) is 1.53. The van der Waals surface area contributed by atoms with Crippen molar-refractivity contribution < 1.29 is 4.79 Å². The number of anilines is 1. The Hall–Kier alpha value is -1.51. The van der Waals surface area contributed by atoms with Crippen LogP contribution in [0.2, 0.25) is 0 Å². The minimum absolute atomic E-state index is 0.556. The summed E-state index contributed by atoms with van der Waals surface area (Å²) in [5.74, 6) is 0. The van der Waals surface area contributed by atoms with Crippen molar-refractivity contribution in [2.75, 3.05) is 5.32 Å². The van der Waals surface area contributed by atoms with Gasteiger partial charge in [-0.05, 0) is 18.1 Å². The van der Waals surface area contributed by atoms with E-state index in [1.807, 2.05) is 19.1 Å². The van der Waals surface area contributed by atoms with Gasteiger partial charge in [-0.15, -0.1) is 0 Å². The lowest BCUT2D eigenvalue weighted by molar-refractivity contribution is 0.259. The lowest BCUT2D eigenvalue weighted by Gasteiger charge is -2.02. The minimum Gasteiger partial charge on any atom is -0.351 e. The first-order valence-electron chi connectivity index (χ1n) is 3.79. The van der Waals surface area contributed by atoms with E-state index >= 15 is 0 Å². The van der Waals surface area contributed by atoms with Crippen LogP contribution < -0.4 is 11.1 Å². The van der Waals surface area contributed by atoms with Crippen molar-refractivity contribution in [3.8, 4) is 0 Å². The summed E-state index contributed by atoms with van der Waals surface area (Å²) in [5.41, 5.74) is 6.72. The summed E-state index contributed by atoms with van der Waals surface area (Å²) in [5, 5.41) is 2.46. The predicted octanol–water partition coefficient (Wildman–Crippen LogP) is 1.54. The fourth-order valence-electron chi connectivity index (χ4n) is 0.938. The van der Waals surface area contributed by atoms with Gasteiger partial charge in [-0.2, -0.15) is 0 Å². The van der Waals surface area contributed by atoms with Crippen LogP contribution in [0.4, 0.5) is 10.5 Å². The molecule has 0 unspecified atom stereocenters. The zero-order chi connectivity index (χ0) is 8.97. The van der Waals surface area contributed by atoms with Gasteiger partial charge in [-0.25, -0.2) is 4.79 Å². The molecule has 1 radical (unpaired) electrons. The Bertz CT molecular complexity index is 284. The van der Waals surface area contributed by atoms with Crippen LogP contribution in [0.25, 0.3) is 0 Å². The average Bonchev–Trinajstić information content (AvgIpc) is 2.03. The van der Waals surface area contributed by atoms with Gasteiger partial charge in [0.2, 0.25) is 0 Å². The molecule has 63 valence electrons. The standard InChI is InChI=1S/C9H11N2O/c1-2-7-4-3-5-8(6-7)11-9(10)12/h3-4,6H,2H2,1H3,(H3,10,11,12). The highest BCUT2D eigenvalue weighted by atomic mass is 16.2. The lowest BCUT2D eigenvalue weighted by atomic mass is 10.1. The highest BCUT2D eigenvalue weighted by Crippen LogP contribution is 2.09. The van der Waals surface area contributed by atoms with Crippen molar-refractivity contribution in [1.29, 1.82) is 0 Å². The highest BCUT2D eigenvalue weighted by Gasteiger charge is 1.96. The van der Waals surface area contributed by atoms with E-state index in [0.717, 1.165) is 12.0 Å². The number of amides is 2. The molecule has 0 heterocycles. The Morgan fingerprint density at radius 2 is 2.50 bits per heavy atom. The molecule has 0 aromatic heterocycles. The van der Waals surface area contributed by atoms with Gasteiger partial charge in [-0.1, -0.05) is 19.1 Å². The second-order valence-corrected chi connectivity index (χ2v) is 2.45. The van der Waals surface area contributed by atoms with Crippen LogP contribution in [0.1, 0.15) is 12.5 Å². The molecule has 0 aliphatic heterocycles.